The highest BCUT2D eigenvalue weighted by molar-refractivity contribution is 5.26. The quantitative estimate of drug-likeness (QED) is 0.873. The molecule has 0 atom stereocenters. The van der Waals surface area contributed by atoms with Gasteiger partial charge in [-0.05, 0) is 24.5 Å². The number of aryl methyl sites for hydroxylation is 2. The van der Waals surface area contributed by atoms with Crippen LogP contribution in [0, 0.1) is 0 Å². The molecule has 1 aliphatic carbocycles. The molecule has 2 aromatic rings. The first-order valence-electron chi connectivity index (χ1n) is 7.43. The minimum Gasteiger partial charge on any atom is -0.310 e. The molecule has 20 heavy (non-hydrogen) atoms. The third kappa shape index (κ3) is 2.88. The molecule has 0 spiro atoms. The summed E-state index contributed by atoms with van der Waals surface area (Å²) >= 11 is 0. The molecule has 5 nitrogen and oxygen atoms in total. The van der Waals surface area contributed by atoms with Crippen molar-refractivity contribution < 1.29 is 0 Å². The normalized spacial score (nSPS) is 14.7. The highest BCUT2D eigenvalue weighted by atomic mass is 15.4. The van der Waals surface area contributed by atoms with Crippen molar-refractivity contribution in [2.45, 2.75) is 52.1 Å². The van der Waals surface area contributed by atoms with Crippen LogP contribution in [-0.4, -0.2) is 25.8 Å². The van der Waals surface area contributed by atoms with E-state index < -0.39 is 0 Å². The number of nitrogens with zero attached hydrogens (tertiary/aromatic N) is 4. The summed E-state index contributed by atoms with van der Waals surface area (Å²) in [6.45, 7) is 5.06. The summed E-state index contributed by atoms with van der Waals surface area (Å²) in [4.78, 5) is 9.04. The van der Waals surface area contributed by atoms with Gasteiger partial charge in [0.05, 0.1) is 0 Å². The van der Waals surface area contributed by atoms with Crippen molar-refractivity contribution in [2.75, 3.05) is 0 Å². The topological polar surface area (TPSA) is 55.6 Å². The lowest BCUT2D eigenvalue weighted by Gasteiger charge is -2.06. The number of pyridine rings is 1. The Kier molecular flexibility index (Phi) is 3.78. The van der Waals surface area contributed by atoms with E-state index in [1.165, 1.54) is 18.4 Å². The van der Waals surface area contributed by atoms with Crippen molar-refractivity contribution in [1.82, 2.24) is 25.1 Å². The number of rotatable bonds is 6. The minimum atomic E-state index is 0.726. The predicted octanol–water partition coefficient (Wildman–Crippen LogP) is 2.04. The van der Waals surface area contributed by atoms with E-state index in [1.54, 1.807) is 0 Å². The zero-order valence-corrected chi connectivity index (χ0v) is 12.1. The molecule has 2 heterocycles. The fourth-order valence-corrected chi connectivity index (χ4v) is 2.15. The predicted molar refractivity (Wildman–Crippen MR) is 77.8 cm³/mol. The van der Waals surface area contributed by atoms with Crippen LogP contribution in [0.3, 0.4) is 0 Å². The second-order valence-electron chi connectivity index (χ2n) is 5.24. The van der Waals surface area contributed by atoms with E-state index in [4.69, 9.17) is 0 Å². The van der Waals surface area contributed by atoms with Gasteiger partial charge in [-0.2, -0.15) is 4.68 Å². The first-order chi connectivity index (χ1) is 9.80. The summed E-state index contributed by atoms with van der Waals surface area (Å²) in [6.07, 6.45) is 6.26. The molecule has 1 N–H and O–H groups in total. The van der Waals surface area contributed by atoms with Gasteiger partial charge in [0.15, 0.2) is 11.6 Å². The smallest absolute Gasteiger partial charge is 0.155 e. The molecule has 2 aromatic heterocycles. The van der Waals surface area contributed by atoms with Gasteiger partial charge in [-0.25, -0.2) is 9.97 Å². The van der Waals surface area contributed by atoms with Crippen molar-refractivity contribution >= 4 is 0 Å². The highest BCUT2D eigenvalue weighted by Gasteiger charge is 2.20. The SMILES string of the molecule is CCc1nc(CC)n(-c2ccc(CNC3CC3)cn2)n1. The molecule has 1 saturated carbocycles. The minimum absolute atomic E-state index is 0.726. The molecule has 1 aliphatic rings. The Morgan fingerprint density at radius 2 is 2.10 bits per heavy atom. The van der Waals surface area contributed by atoms with Crippen LogP contribution in [0.4, 0.5) is 0 Å². The second-order valence-corrected chi connectivity index (χ2v) is 5.24. The molecule has 0 radical (unpaired) electrons. The standard InChI is InChI=1S/C15H21N5/c1-3-13-18-14(4-2)20(19-13)15-8-5-11(10-17-15)9-16-12-6-7-12/h5,8,10,12,16H,3-4,6-7,9H2,1-2H3. The number of aromatic nitrogens is 4. The van der Waals surface area contributed by atoms with Crippen molar-refractivity contribution in [2.24, 2.45) is 0 Å². The third-order valence-electron chi connectivity index (χ3n) is 3.55. The lowest BCUT2D eigenvalue weighted by Crippen LogP contribution is -2.15. The van der Waals surface area contributed by atoms with Crippen molar-refractivity contribution in [3.05, 3.63) is 35.5 Å². The van der Waals surface area contributed by atoms with Gasteiger partial charge < -0.3 is 5.32 Å². The fraction of sp³-hybridized carbons (Fsp3) is 0.533. The van der Waals surface area contributed by atoms with Crippen LogP contribution in [0.2, 0.25) is 0 Å². The first kappa shape index (κ1) is 13.2. The van der Waals surface area contributed by atoms with Gasteiger partial charge in [0.25, 0.3) is 0 Å². The summed E-state index contributed by atoms with van der Waals surface area (Å²) in [5.41, 5.74) is 1.22. The monoisotopic (exact) mass is 271 g/mol. The summed E-state index contributed by atoms with van der Waals surface area (Å²) in [5, 5.41) is 8.00. The van der Waals surface area contributed by atoms with Gasteiger partial charge in [0.2, 0.25) is 0 Å². The largest absolute Gasteiger partial charge is 0.310 e. The van der Waals surface area contributed by atoms with Crippen LogP contribution >= 0.6 is 0 Å². The Labute approximate surface area is 119 Å². The van der Waals surface area contributed by atoms with Crippen molar-refractivity contribution in [1.29, 1.82) is 0 Å². The molecule has 0 saturated heterocycles. The fourth-order valence-electron chi connectivity index (χ4n) is 2.15. The third-order valence-corrected chi connectivity index (χ3v) is 3.55. The lowest BCUT2D eigenvalue weighted by molar-refractivity contribution is 0.684. The Bertz CT molecular complexity index is 568. The molecule has 0 amide bonds. The van der Waals surface area contributed by atoms with E-state index >= 15 is 0 Å². The summed E-state index contributed by atoms with van der Waals surface area (Å²) < 4.78 is 1.86. The zero-order chi connectivity index (χ0) is 13.9. The summed E-state index contributed by atoms with van der Waals surface area (Å²) in [6, 6.07) is 4.87. The van der Waals surface area contributed by atoms with E-state index in [9.17, 15) is 0 Å². The molecule has 0 bridgehead atoms. The molecule has 0 aliphatic heterocycles. The number of hydrogen-bond donors (Lipinski definition) is 1. The van der Waals surface area contributed by atoms with Crippen LogP contribution in [0.15, 0.2) is 18.3 Å². The van der Waals surface area contributed by atoms with Crippen LogP contribution in [-0.2, 0) is 19.4 Å². The van der Waals surface area contributed by atoms with Crippen molar-refractivity contribution in [3.8, 4) is 5.82 Å². The van der Waals surface area contributed by atoms with E-state index in [0.717, 1.165) is 42.9 Å². The zero-order valence-electron chi connectivity index (χ0n) is 12.1. The molecule has 1 fully saturated rings. The van der Waals surface area contributed by atoms with Crippen molar-refractivity contribution in [3.63, 3.8) is 0 Å². The molecule has 0 aromatic carbocycles. The number of nitrogens with one attached hydrogen (secondary N) is 1. The van der Waals surface area contributed by atoms with E-state index in [0.29, 0.717) is 0 Å². The molecular weight excluding hydrogens is 250 g/mol. The Morgan fingerprint density at radius 3 is 2.70 bits per heavy atom. The first-order valence-corrected chi connectivity index (χ1v) is 7.43. The number of hydrogen-bond acceptors (Lipinski definition) is 4. The van der Waals surface area contributed by atoms with E-state index in [2.05, 4.69) is 40.3 Å². The second kappa shape index (κ2) is 5.71. The highest BCUT2D eigenvalue weighted by Crippen LogP contribution is 2.19. The maximum Gasteiger partial charge on any atom is 0.155 e. The lowest BCUT2D eigenvalue weighted by atomic mass is 10.3. The van der Waals surface area contributed by atoms with Crippen LogP contribution in [0.5, 0.6) is 0 Å². The molecule has 106 valence electrons. The molecule has 5 heteroatoms. The van der Waals surface area contributed by atoms with Crippen LogP contribution in [0.1, 0.15) is 43.9 Å². The average molecular weight is 271 g/mol. The van der Waals surface area contributed by atoms with E-state index in [1.807, 2.05) is 16.9 Å². The summed E-state index contributed by atoms with van der Waals surface area (Å²) in [5.74, 6) is 2.70. The molecule has 3 rings (SSSR count). The van der Waals surface area contributed by atoms with Gasteiger partial charge in [-0.3, -0.25) is 0 Å². The maximum atomic E-state index is 4.52. The Balaban J connectivity index is 1.77. The molecular formula is C15H21N5. The van der Waals surface area contributed by atoms with Gasteiger partial charge in [0.1, 0.15) is 5.82 Å². The van der Waals surface area contributed by atoms with Gasteiger partial charge in [-0.15, -0.1) is 5.10 Å². The Hall–Kier alpha value is -1.75. The van der Waals surface area contributed by atoms with Gasteiger partial charge in [-0.1, -0.05) is 19.9 Å². The maximum absolute atomic E-state index is 4.52. The summed E-state index contributed by atoms with van der Waals surface area (Å²) in [7, 11) is 0. The van der Waals surface area contributed by atoms with Crippen LogP contribution in [0.25, 0.3) is 5.82 Å². The van der Waals surface area contributed by atoms with E-state index in [-0.39, 0.29) is 0 Å². The Morgan fingerprint density at radius 1 is 1.25 bits per heavy atom. The van der Waals surface area contributed by atoms with Gasteiger partial charge in [0, 0.05) is 31.6 Å². The van der Waals surface area contributed by atoms with Gasteiger partial charge >= 0.3 is 0 Å². The van der Waals surface area contributed by atoms with Crippen LogP contribution < -0.4 is 5.32 Å². The average Bonchev–Trinajstić information content (AvgIpc) is 3.23. The molecule has 0 unspecified atom stereocenters.